The number of hydrogen-bond donors (Lipinski definition) is 2. The van der Waals surface area contributed by atoms with E-state index in [9.17, 15) is 14.4 Å². The van der Waals surface area contributed by atoms with Gasteiger partial charge in [0.1, 0.15) is 0 Å². The average molecular weight is 290 g/mol. The molecule has 2 N–H and O–H groups in total. The number of carboxylic acid groups (broad SMARTS) is 1. The van der Waals surface area contributed by atoms with Crippen molar-refractivity contribution >= 4 is 23.5 Å². The van der Waals surface area contributed by atoms with Crippen LogP contribution in [0, 0.1) is 5.41 Å². The van der Waals surface area contributed by atoms with Crippen LogP contribution in [0.5, 0.6) is 0 Å². The SMILES string of the molecule is CC(C)(Cc1ccc(N2CCNC(=O)C2=O)cc1)C(=O)O. The van der Waals surface area contributed by atoms with E-state index in [1.165, 1.54) is 4.90 Å². The van der Waals surface area contributed by atoms with Crippen LogP contribution in [0.1, 0.15) is 19.4 Å². The third kappa shape index (κ3) is 3.21. The lowest BCUT2D eigenvalue weighted by Crippen LogP contribution is -2.52. The van der Waals surface area contributed by atoms with Crippen LogP contribution in [0.2, 0.25) is 0 Å². The first-order valence-electron chi connectivity index (χ1n) is 6.73. The van der Waals surface area contributed by atoms with Gasteiger partial charge < -0.3 is 15.3 Å². The molecule has 6 heteroatoms. The Labute approximate surface area is 122 Å². The van der Waals surface area contributed by atoms with E-state index < -0.39 is 23.2 Å². The fourth-order valence-electron chi connectivity index (χ4n) is 2.21. The Hall–Kier alpha value is -2.37. The number of nitrogens with zero attached hydrogens (tertiary/aromatic N) is 1. The van der Waals surface area contributed by atoms with Gasteiger partial charge in [-0.1, -0.05) is 12.1 Å². The third-order valence-corrected chi connectivity index (χ3v) is 3.53. The second-order valence-electron chi connectivity index (χ2n) is 5.74. The number of anilines is 1. The molecule has 2 amide bonds. The molecule has 112 valence electrons. The van der Waals surface area contributed by atoms with Gasteiger partial charge in [-0.15, -0.1) is 0 Å². The third-order valence-electron chi connectivity index (χ3n) is 3.53. The van der Waals surface area contributed by atoms with E-state index >= 15 is 0 Å². The molecule has 1 fully saturated rings. The second-order valence-corrected chi connectivity index (χ2v) is 5.74. The minimum absolute atomic E-state index is 0.400. The topological polar surface area (TPSA) is 86.7 Å². The zero-order valence-corrected chi connectivity index (χ0v) is 12.0. The fraction of sp³-hybridized carbons (Fsp3) is 0.400. The second kappa shape index (κ2) is 5.55. The lowest BCUT2D eigenvalue weighted by molar-refractivity contribution is -0.146. The Kier molecular flexibility index (Phi) is 3.97. The molecular weight excluding hydrogens is 272 g/mol. The van der Waals surface area contributed by atoms with Crippen LogP contribution in [0.15, 0.2) is 24.3 Å². The van der Waals surface area contributed by atoms with Crippen LogP contribution in [0.3, 0.4) is 0 Å². The van der Waals surface area contributed by atoms with Gasteiger partial charge in [0.15, 0.2) is 0 Å². The maximum atomic E-state index is 11.8. The quantitative estimate of drug-likeness (QED) is 0.803. The molecule has 21 heavy (non-hydrogen) atoms. The van der Waals surface area contributed by atoms with E-state index in [2.05, 4.69) is 5.32 Å². The van der Waals surface area contributed by atoms with Gasteiger partial charge in [-0.2, -0.15) is 0 Å². The number of carboxylic acids is 1. The zero-order chi connectivity index (χ0) is 15.6. The minimum Gasteiger partial charge on any atom is -0.481 e. The van der Waals surface area contributed by atoms with Crippen molar-refractivity contribution in [2.75, 3.05) is 18.0 Å². The first-order valence-corrected chi connectivity index (χ1v) is 6.73. The Balaban J connectivity index is 2.14. The summed E-state index contributed by atoms with van der Waals surface area (Å²) < 4.78 is 0. The van der Waals surface area contributed by atoms with Crippen LogP contribution in [0.4, 0.5) is 5.69 Å². The standard InChI is InChI=1S/C15H18N2O4/c1-15(2,14(20)21)9-10-3-5-11(6-4-10)17-8-7-16-12(18)13(17)19/h3-6H,7-9H2,1-2H3,(H,16,18)(H,20,21). The molecular formula is C15H18N2O4. The van der Waals surface area contributed by atoms with Crippen LogP contribution in [0.25, 0.3) is 0 Å². The molecule has 1 aromatic rings. The number of carbonyl (C=O) groups excluding carboxylic acids is 2. The highest BCUT2D eigenvalue weighted by Gasteiger charge is 2.29. The number of amides is 2. The van der Waals surface area contributed by atoms with E-state index in [4.69, 9.17) is 5.11 Å². The summed E-state index contributed by atoms with van der Waals surface area (Å²) in [5, 5.41) is 11.6. The highest BCUT2D eigenvalue weighted by molar-refractivity contribution is 6.41. The van der Waals surface area contributed by atoms with E-state index in [0.29, 0.717) is 25.2 Å². The van der Waals surface area contributed by atoms with Gasteiger partial charge in [-0.25, -0.2) is 0 Å². The molecule has 0 aliphatic carbocycles. The number of piperazine rings is 1. The van der Waals surface area contributed by atoms with Crippen molar-refractivity contribution in [2.45, 2.75) is 20.3 Å². The van der Waals surface area contributed by atoms with Crippen LogP contribution in [-0.4, -0.2) is 36.0 Å². The summed E-state index contributed by atoms with van der Waals surface area (Å²) in [6.07, 6.45) is 0.400. The van der Waals surface area contributed by atoms with Crippen molar-refractivity contribution in [1.29, 1.82) is 0 Å². The molecule has 1 saturated heterocycles. The predicted molar refractivity (Wildman–Crippen MR) is 76.9 cm³/mol. The van der Waals surface area contributed by atoms with E-state index in [-0.39, 0.29) is 0 Å². The summed E-state index contributed by atoms with van der Waals surface area (Å²) in [5.74, 6) is -2.02. The molecule has 1 heterocycles. The lowest BCUT2D eigenvalue weighted by Gasteiger charge is -2.27. The Morgan fingerprint density at radius 1 is 1.29 bits per heavy atom. The van der Waals surface area contributed by atoms with Crippen molar-refractivity contribution in [1.82, 2.24) is 5.32 Å². The maximum Gasteiger partial charge on any atom is 0.316 e. The number of carbonyl (C=O) groups is 3. The van der Waals surface area contributed by atoms with Gasteiger partial charge >= 0.3 is 17.8 Å². The van der Waals surface area contributed by atoms with Gasteiger partial charge in [-0.05, 0) is 38.0 Å². The molecule has 0 atom stereocenters. The van der Waals surface area contributed by atoms with Crippen molar-refractivity contribution in [3.8, 4) is 0 Å². The van der Waals surface area contributed by atoms with Crippen molar-refractivity contribution < 1.29 is 19.5 Å². The first kappa shape index (κ1) is 15.0. The Bertz CT molecular complexity index is 578. The van der Waals surface area contributed by atoms with Gasteiger partial charge in [-0.3, -0.25) is 14.4 Å². The number of aliphatic carboxylic acids is 1. The summed E-state index contributed by atoms with van der Waals surface area (Å²) in [6, 6.07) is 7.06. The van der Waals surface area contributed by atoms with E-state index in [1.807, 2.05) is 0 Å². The normalized spacial score (nSPS) is 15.8. The number of rotatable bonds is 4. The minimum atomic E-state index is -0.852. The van der Waals surface area contributed by atoms with Crippen molar-refractivity contribution in [2.24, 2.45) is 5.41 Å². The molecule has 2 rings (SSSR count). The number of benzene rings is 1. The maximum absolute atomic E-state index is 11.8. The van der Waals surface area contributed by atoms with Crippen molar-refractivity contribution in [3.05, 3.63) is 29.8 Å². The molecule has 0 radical (unpaired) electrons. The smallest absolute Gasteiger partial charge is 0.316 e. The molecule has 0 bridgehead atoms. The molecule has 1 aromatic carbocycles. The van der Waals surface area contributed by atoms with Crippen LogP contribution >= 0.6 is 0 Å². The summed E-state index contributed by atoms with van der Waals surface area (Å²) in [7, 11) is 0. The zero-order valence-electron chi connectivity index (χ0n) is 12.0. The van der Waals surface area contributed by atoms with Gasteiger partial charge in [0.2, 0.25) is 0 Å². The highest BCUT2D eigenvalue weighted by Crippen LogP contribution is 2.24. The molecule has 1 aliphatic heterocycles. The van der Waals surface area contributed by atoms with Crippen LogP contribution in [-0.2, 0) is 20.8 Å². The number of nitrogens with one attached hydrogen (secondary N) is 1. The molecule has 0 saturated carbocycles. The number of hydrogen-bond acceptors (Lipinski definition) is 3. The Morgan fingerprint density at radius 3 is 2.48 bits per heavy atom. The summed E-state index contributed by atoms with van der Waals surface area (Å²) >= 11 is 0. The molecule has 0 spiro atoms. The summed E-state index contributed by atoms with van der Waals surface area (Å²) in [5.41, 5.74) is 0.675. The van der Waals surface area contributed by atoms with Gasteiger partial charge in [0.25, 0.3) is 0 Å². The Morgan fingerprint density at radius 2 is 1.90 bits per heavy atom. The van der Waals surface area contributed by atoms with Crippen LogP contribution < -0.4 is 10.2 Å². The molecule has 1 aliphatic rings. The van der Waals surface area contributed by atoms with E-state index in [1.54, 1.807) is 38.1 Å². The molecule has 0 unspecified atom stereocenters. The molecule has 0 aromatic heterocycles. The van der Waals surface area contributed by atoms with Gasteiger partial charge in [0, 0.05) is 18.8 Å². The lowest BCUT2D eigenvalue weighted by atomic mass is 9.86. The molecule has 6 nitrogen and oxygen atoms in total. The largest absolute Gasteiger partial charge is 0.481 e. The monoisotopic (exact) mass is 290 g/mol. The van der Waals surface area contributed by atoms with Crippen molar-refractivity contribution in [3.63, 3.8) is 0 Å². The summed E-state index contributed by atoms with van der Waals surface area (Å²) in [4.78, 5) is 35.6. The first-order chi connectivity index (χ1) is 9.81. The fourth-order valence-corrected chi connectivity index (χ4v) is 2.21. The predicted octanol–water partition coefficient (Wildman–Crippen LogP) is 0.803. The van der Waals surface area contributed by atoms with Gasteiger partial charge in [0.05, 0.1) is 5.41 Å². The average Bonchev–Trinajstić information content (AvgIpc) is 2.42. The summed E-state index contributed by atoms with van der Waals surface area (Å²) in [6.45, 7) is 4.20. The van der Waals surface area contributed by atoms with E-state index in [0.717, 1.165) is 5.56 Å². The highest BCUT2D eigenvalue weighted by atomic mass is 16.4.